The van der Waals surface area contributed by atoms with Gasteiger partial charge in [-0.1, -0.05) is 54.1 Å². The summed E-state index contributed by atoms with van der Waals surface area (Å²) in [5.74, 6) is 0.0962. The Morgan fingerprint density at radius 1 is 1.00 bits per heavy atom. The van der Waals surface area contributed by atoms with Gasteiger partial charge in [0, 0.05) is 17.0 Å². The minimum absolute atomic E-state index is 0.0962. The van der Waals surface area contributed by atoms with Crippen LogP contribution < -0.4 is 0 Å². The molecule has 2 aromatic carbocycles. The number of Topliss-reactive ketones (excluding diaryl/α,β-unsaturated/α-hetero) is 1. The fraction of sp³-hybridized carbons (Fsp3) is 0.0625. The molecule has 1 nitrogen and oxygen atoms in total. The molecule has 18 heavy (non-hydrogen) atoms. The Morgan fingerprint density at radius 2 is 1.67 bits per heavy atom. The zero-order chi connectivity index (χ0) is 12.8. The van der Waals surface area contributed by atoms with E-state index >= 15 is 0 Å². The Bertz CT molecular complexity index is 541. The Kier molecular flexibility index (Phi) is 4.32. The molecule has 0 aliphatic heterocycles. The SMILES string of the molecule is O=C(CC=Cc1ccccc1)c1ccc(Cl)cc1. The van der Waals surface area contributed by atoms with E-state index in [9.17, 15) is 4.79 Å². The number of carbonyl (C=O) groups is 1. The van der Waals surface area contributed by atoms with Crippen LogP contribution in [0.15, 0.2) is 60.7 Å². The molecule has 2 rings (SSSR count). The normalized spacial score (nSPS) is 10.7. The number of rotatable bonds is 4. The molecule has 0 spiro atoms. The lowest BCUT2D eigenvalue weighted by Crippen LogP contribution is -1.95. The standard InChI is InChI=1S/C16H13ClO/c17-15-11-9-14(10-12-15)16(18)8-4-7-13-5-2-1-3-6-13/h1-7,9-12H,8H2. The minimum atomic E-state index is 0.0962. The molecular formula is C16H13ClO. The van der Waals surface area contributed by atoms with Crippen molar-refractivity contribution in [3.8, 4) is 0 Å². The molecule has 0 fully saturated rings. The number of halogens is 1. The molecule has 0 amide bonds. The van der Waals surface area contributed by atoms with Crippen molar-refractivity contribution in [2.75, 3.05) is 0 Å². The van der Waals surface area contributed by atoms with E-state index < -0.39 is 0 Å². The fourth-order valence-corrected chi connectivity index (χ4v) is 1.75. The van der Waals surface area contributed by atoms with Crippen molar-refractivity contribution in [3.05, 3.63) is 76.8 Å². The highest BCUT2D eigenvalue weighted by Gasteiger charge is 2.02. The largest absolute Gasteiger partial charge is 0.294 e. The number of benzene rings is 2. The first-order valence-electron chi connectivity index (χ1n) is 5.76. The highest BCUT2D eigenvalue weighted by molar-refractivity contribution is 6.30. The van der Waals surface area contributed by atoms with Gasteiger partial charge < -0.3 is 0 Å². The fourth-order valence-electron chi connectivity index (χ4n) is 1.62. The van der Waals surface area contributed by atoms with Crippen molar-refractivity contribution in [2.24, 2.45) is 0 Å². The van der Waals surface area contributed by atoms with Gasteiger partial charge in [0.05, 0.1) is 0 Å². The lowest BCUT2D eigenvalue weighted by molar-refractivity contribution is 0.0996. The first kappa shape index (κ1) is 12.6. The number of hydrogen-bond donors (Lipinski definition) is 0. The molecule has 0 aromatic heterocycles. The Labute approximate surface area is 112 Å². The number of hydrogen-bond acceptors (Lipinski definition) is 1. The number of allylic oxidation sites excluding steroid dienone is 1. The van der Waals surface area contributed by atoms with Gasteiger partial charge in [0.1, 0.15) is 0 Å². The third kappa shape index (κ3) is 3.57. The quantitative estimate of drug-likeness (QED) is 0.729. The molecule has 0 saturated carbocycles. The van der Waals surface area contributed by atoms with E-state index in [2.05, 4.69) is 0 Å². The van der Waals surface area contributed by atoms with Crippen molar-refractivity contribution < 1.29 is 4.79 Å². The number of carbonyl (C=O) groups excluding carboxylic acids is 1. The van der Waals surface area contributed by atoms with Crippen LogP contribution in [0.5, 0.6) is 0 Å². The Balaban J connectivity index is 1.96. The van der Waals surface area contributed by atoms with E-state index in [1.807, 2.05) is 42.5 Å². The summed E-state index contributed by atoms with van der Waals surface area (Å²) in [7, 11) is 0. The number of ketones is 1. The van der Waals surface area contributed by atoms with Crippen molar-refractivity contribution in [3.63, 3.8) is 0 Å². The van der Waals surface area contributed by atoms with Crippen LogP contribution in [0.4, 0.5) is 0 Å². The molecule has 0 aliphatic rings. The van der Waals surface area contributed by atoms with Crippen molar-refractivity contribution in [2.45, 2.75) is 6.42 Å². The second-order valence-corrected chi connectivity index (χ2v) is 4.38. The van der Waals surface area contributed by atoms with Gasteiger partial charge >= 0.3 is 0 Å². The molecule has 0 bridgehead atoms. The second kappa shape index (κ2) is 6.18. The van der Waals surface area contributed by atoms with Crippen molar-refractivity contribution in [1.82, 2.24) is 0 Å². The molecular weight excluding hydrogens is 244 g/mol. The summed E-state index contributed by atoms with van der Waals surface area (Å²) in [5, 5.41) is 0.645. The smallest absolute Gasteiger partial charge is 0.166 e. The van der Waals surface area contributed by atoms with Gasteiger partial charge in [-0.15, -0.1) is 0 Å². The third-order valence-electron chi connectivity index (χ3n) is 2.58. The maximum absolute atomic E-state index is 11.9. The summed E-state index contributed by atoms with van der Waals surface area (Å²) < 4.78 is 0. The summed E-state index contributed by atoms with van der Waals surface area (Å²) in [6.07, 6.45) is 4.23. The molecule has 0 unspecified atom stereocenters. The highest BCUT2D eigenvalue weighted by Crippen LogP contribution is 2.11. The molecule has 2 heteroatoms. The average Bonchev–Trinajstić information content (AvgIpc) is 2.40. The molecule has 0 aliphatic carbocycles. The van der Waals surface area contributed by atoms with Gasteiger partial charge in [0.2, 0.25) is 0 Å². The molecule has 2 aromatic rings. The van der Waals surface area contributed by atoms with Crippen molar-refractivity contribution in [1.29, 1.82) is 0 Å². The van der Waals surface area contributed by atoms with Gasteiger partial charge in [-0.3, -0.25) is 4.79 Å². The first-order valence-corrected chi connectivity index (χ1v) is 6.14. The average molecular weight is 257 g/mol. The maximum Gasteiger partial charge on any atom is 0.166 e. The Hall–Kier alpha value is -1.86. The van der Waals surface area contributed by atoms with Gasteiger partial charge in [-0.05, 0) is 29.8 Å². The topological polar surface area (TPSA) is 17.1 Å². The summed E-state index contributed by atoms with van der Waals surface area (Å²) in [5.41, 5.74) is 1.79. The maximum atomic E-state index is 11.9. The second-order valence-electron chi connectivity index (χ2n) is 3.95. The lowest BCUT2D eigenvalue weighted by Gasteiger charge is -1.97. The Morgan fingerprint density at radius 3 is 2.33 bits per heavy atom. The summed E-state index contributed by atoms with van der Waals surface area (Å²) in [6, 6.07) is 16.9. The van der Waals surface area contributed by atoms with Crippen LogP contribution in [0.25, 0.3) is 6.08 Å². The molecule has 90 valence electrons. The summed E-state index contributed by atoms with van der Waals surface area (Å²) in [4.78, 5) is 11.9. The molecule has 0 radical (unpaired) electrons. The van der Waals surface area contributed by atoms with E-state index in [1.54, 1.807) is 24.3 Å². The monoisotopic (exact) mass is 256 g/mol. The molecule has 0 heterocycles. The van der Waals surface area contributed by atoms with Crippen LogP contribution in [0.1, 0.15) is 22.3 Å². The van der Waals surface area contributed by atoms with E-state index in [-0.39, 0.29) is 5.78 Å². The summed E-state index contributed by atoms with van der Waals surface area (Å²) in [6.45, 7) is 0. The van der Waals surface area contributed by atoms with Gasteiger partial charge in [-0.25, -0.2) is 0 Å². The van der Waals surface area contributed by atoms with Crippen LogP contribution in [0.2, 0.25) is 5.02 Å². The van der Waals surface area contributed by atoms with Crippen LogP contribution in [0.3, 0.4) is 0 Å². The van der Waals surface area contributed by atoms with Crippen molar-refractivity contribution >= 4 is 23.5 Å². The van der Waals surface area contributed by atoms with Gasteiger partial charge in [0.25, 0.3) is 0 Å². The van der Waals surface area contributed by atoms with Crippen LogP contribution in [-0.2, 0) is 0 Å². The third-order valence-corrected chi connectivity index (χ3v) is 2.83. The van der Waals surface area contributed by atoms with Crippen LogP contribution in [-0.4, -0.2) is 5.78 Å². The molecule has 0 N–H and O–H groups in total. The predicted octanol–water partition coefficient (Wildman–Crippen LogP) is 4.63. The van der Waals surface area contributed by atoms with E-state index in [4.69, 9.17) is 11.6 Å². The predicted molar refractivity (Wildman–Crippen MR) is 75.9 cm³/mol. The lowest BCUT2D eigenvalue weighted by atomic mass is 10.1. The summed E-state index contributed by atoms with van der Waals surface area (Å²) >= 11 is 5.78. The van der Waals surface area contributed by atoms with Gasteiger partial charge in [0.15, 0.2) is 5.78 Å². The molecule has 0 saturated heterocycles. The zero-order valence-corrected chi connectivity index (χ0v) is 10.6. The zero-order valence-electron chi connectivity index (χ0n) is 9.84. The highest BCUT2D eigenvalue weighted by atomic mass is 35.5. The first-order chi connectivity index (χ1) is 8.75. The minimum Gasteiger partial charge on any atom is -0.294 e. The van der Waals surface area contributed by atoms with E-state index in [0.29, 0.717) is 17.0 Å². The van der Waals surface area contributed by atoms with Crippen LogP contribution in [0, 0.1) is 0 Å². The van der Waals surface area contributed by atoms with Crippen LogP contribution >= 0.6 is 11.6 Å². The molecule has 0 atom stereocenters. The van der Waals surface area contributed by atoms with Gasteiger partial charge in [-0.2, -0.15) is 0 Å². The van der Waals surface area contributed by atoms with E-state index in [0.717, 1.165) is 5.56 Å². The van der Waals surface area contributed by atoms with E-state index in [1.165, 1.54) is 0 Å².